The molecule has 0 amide bonds. The van der Waals surface area contributed by atoms with Gasteiger partial charge in [0.25, 0.3) is 0 Å². The first-order chi connectivity index (χ1) is 10.7. The van der Waals surface area contributed by atoms with Crippen LogP contribution in [0.15, 0.2) is 30.3 Å². The minimum atomic E-state index is -0.254. The minimum Gasteiger partial charge on any atom is -0.392 e. The second-order valence-corrected chi connectivity index (χ2v) is 6.24. The average Bonchev–Trinajstić information content (AvgIpc) is 2.56. The summed E-state index contributed by atoms with van der Waals surface area (Å²) in [5, 5.41) is 10.1. The number of ether oxygens (including phenoxy) is 1. The van der Waals surface area contributed by atoms with E-state index in [4.69, 9.17) is 4.74 Å². The maximum absolute atomic E-state index is 10.1. The Hall–Kier alpha value is -0.940. The Kier molecular flexibility index (Phi) is 7.33. The molecule has 1 saturated heterocycles. The van der Waals surface area contributed by atoms with Gasteiger partial charge in [-0.05, 0) is 18.9 Å². The highest BCUT2D eigenvalue weighted by Crippen LogP contribution is 2.12. The van der Waals surface area contributed by atoms with Crippen molar-refractivity contribution < 1.29 is 9.84 Å². The van der Waals surface area contributed by atoms with E-state index in [1.165, 1.54) is 5.56 Å². The molecule has 0 radical (unpaired) electrons. The third-order valence-corrected chi connectivity index (χ3v) is 4.39. The van der Waals surface area contributed by atoms with Crippen molar-refractivity contribution in [2.45, 2.75) is 39.0 Å². The predicted octanol–water partition coefficient (Wildman–Crippen LogP) is 1.98. The van der Waals surface area contributed by atoms with Gasteiger partial charge in [-0.2, -0.15) is 0 Å². The molecule has 0 bridgehead atoms. The van der Waals surface area contributed by atoms with Gasteiger partial charge in [-0.1, -0.05) is 37.3 Å². The Bertz CT molecular complexity index is 407. The number of benzene rings is 1. The molecule has 1 aromatic carbocycles. The number of hydrogen-bond acceptors (Lipinski definition) is 4. The fourth-order valence-corrected chi connectivity index (χ4v) is 2.89. The summed E-state index contributed by atoms with van der Waals surface area (Å²) in [7, 11) is 0. The molecule has 124 valence electrons. The lowest BCUT2D eigenvalue weighted by atomic mass is 10.1. The van der Waals surface area contributed by atoms with E-state index in [-0.39, 0.29) is 6.10 Å². The first-order valence-electron chi connectivity index (χ1n) is 8.45. The predicted molar refractivity (Wildman–Crippen MR) is 89.9 cm³/mol. The summed E-state index contributed by atoms with van der Waals surface area (Å²) in [6, 6.07) is 10.9. The van der Waals surface area contributed by atoms with Gasteiger partial charge >= 0.3 is 0 Å². The average molecular weight is 306 g/mol. The number of rotatable bonds is 8. The van der Waals surface area contributed by atoms with Crippen molar-refractivity contribution in [2.75, 3.05) is 39.4 Å². The van der Waals surface area contributed by atoms with Gasteiger partial charge in [0.1, 0.15) is 0 Å². The first kappa shape index (κ1) is 17.4. The molecule has 2 unspecified atom stereocenters. The Balaban J connectivity index is 1.95. The second-order valence-electron chi connectivity index (χ2n) is 6.24. The normalized spacial score (nSPS) is 19.3. The summed E-state index contributed by atoms with van der Waals surface area (Å²) in [5.74, 6) is 0. The van der Waals surface area contributed by atoms with Gasteiger partial charge in [0.2, 0.25) is 0 Å². The van der Waals surface area contributed by atoms with Crippen LogP contribution in [0.5, 0.6) is 0 Å². The van der Waals surface area contributed by atoms with E-state index >= 15 is 0 Å². The highest BCUT2D eigenvalue weighted by Gasteiger charge is 2.21. The molecule has 2 atom stereocenters. The zero-order chi connectivity index (χ0) is 15.8. The molecule has 22 heavy (non-hydrogen) atoms. The van der Waals surface area contributed by atoms with E-state index in [1.54, 1.807) is 0 Å². The molecule has 4 heteroatoms. The summed E-state index contributed by atoms with van der Waals surface area (Å²) in [6.07, 6.45) is 0.547. The van der Waals surface area contributed by atoms with Crippen LogP contribution in [-0.4, -0.2) is 66.4 Å². The quantitative estimate of drug-likeness (QED) is 0.797. The molecule has 0 spiro atoms. The standard InChI is InChI=1S/C18H30N2O2/c1-3-18(21)15-20(14-17-7-5-4-6-8-17)16(2)13-19-9-11-22-12-10-19/h4-8,16,18,21H,3,9-15H2,1-2H3. The molecule has 1 heterocycles. The van der Waals surface area contributed by atoms with Crippen LogP contribution >= 0.6 is 0 Å². The zero-order valence-electron chi connectivity index (χ0n) is 13.9. The maximum atomic E-state index is 10.1. The largest absolute Gasteiger partial charge is 0.392 e. The Morgan fingerprint density at radius 3 is 2.55 bits per heavy atom. The second kappa shape index (κ2) is 9.26. The van der Waals surface area contributed by atoms with Crippen LogP contribution in [0.25, 0.3) is 0 Å². The summed E-state index contributed by atoms with van der Waals surface area (Å²) >= 11 is 0. The minimum absolute atomic E-state index is 0.254. The highest BCUT2D eigenvalue weighted by atomic mass is 16.5. The van der Waals surface area contributed by atoms with Crippen LogP contribution in [0.2, 0.25) is 0 Å². The first-order valence-corrected chi connectivity index (χ1v) is 8.45. The van der Waals surface area contributed by atoms with Gasteiger partial charge in [0.05, 0.1) is 19.3 Å². The molecule has 0 aromatic heterocycles. The molecule has 0 aliphatic carbocycles. The molecular weight excluding hydrogens is 276 g/mol. The molecule has 1 fully saturated rings. The smallest absolute Gasteiger partial charge is 0.0664 e. The van der Waals surface area contributed by atoms with Crippen LogP contribution in [0.1, 0.15) is 25.8 Å². The van der Waals surface area contributed by atoms with E-state index in [1.807, 2.05) is 13.0 Å². The van der Waals surface area contributed by atoms with Crippen molar-refractivity contribution in [2.24, 2.45) is 0 Å². The van der Waals surface area contributed by atoms with Gasteiger partial charge in [-0.15, -0.1) is 0 Å². The molecule has 1 aromatic rings. The molecular formula is C18H30N2O2. The lowest BCUT2D eigenvalue weighted by Gasteiger charge is -2.36. The summed E-state index contributed by atoms with van der Waals surface area (Å²) in [5.41, 5.74) is 1.31. The maximum Gasteiger partial charge on any atom is 0.0664 e. The topological polar surface area (TPSA) is 35.9 Å². The van der Waals surface area contributed by atoms with Gasteiger partial charge in [-0.3, -0.25) is 9.80 Å². The van der Waals surface area contributed by atoms with Crippen LogP contribution in [0, 0.1) is 0 Å². The fourth-order valence-electron chi connectivity index (χ4n) is 2.89. The summed E-state index contributed by atoms with van der Waals surface area (Å²) in [6.45, 7) is 10.7. The fraction of sp³-hybridized carbons (Fsp3) is 0.667. The molecule has 2 rings (SSSR count). The van der Waals surface area contributed by atoms with Crippen LogP contribution in [0.3, 0.4) is 0 Å². The van der Waals surface area contributed by atoms with Crippen molar-refractivity contribution in [3.63, 3.8) is 0 Å². The number of aliphatic hydroxyl groups excluding tert-OH is 1. The van der Waals surface area contributed by atoms with E-state index in [0.717, 1.165) is 52.4 Å². The van der Waals surface area contributed by atoms with E-state index in [2.05, 4.69) is 41.0 Å². The summed E-state index contributed by atoms with van der Waals surface area (Å²) < 4.78 is 5.42. The molecule has 4 nitrogen and oxygen atoms in total. The van der Waals surface area contributed by atoms with Gasteiger partial charge in [0, 0.05) is 38.8 Å². The Labute approximate surface area is 134 Å². The number of nitrogens with zero attached hydrogens (tertiary/aromatic N) is 2. The Morgan fingerprint density at radius 1 is 1.23 bits per heavy atom. The van der Waals surface area contributed by atoms with E-state index < -0.39 is 0 Å². The van der Waals surface area contributed by atoms with Crippen molar-refractivity contribution in [3.05, 3.63) is 35.9 Å². The third-order valence-electron chi connectivity index (χ3n) is 4.39. The number of morpholine rings is 1. The van der Waals surface area contributed by atoms with Gasteiger partial charge < -0.3 is 9.84 Å². The van der Waals surface area contributed by atoms with Crippen molar-refractivity contribution in [3.8, 4) is 0 Å². The van der Waals surface area contributed by atoms with E-state index in [9.17, 15) is 5.11 Å². The molecule has 1 aliphatic rings. The van der Waals surface area contributed by atoms with Crippen molar-refractivity contribution >= 4 is 0 Å². The van der Waals surface area contributed by atoms with Crippen LogP contribution < -0.4 is 0 Å². The van der Waals surface area contributed by atoms with Gasteiger partial charge in [0.15, 0.2) is 0 Å². The highest BCUT2D eigenvalue weighted by molar-refractivity contribution is 5.14. The zero-order valence-corrected chi connectivity index (χ0v) is 13.9. The lowest BCUT2D eigenvalue weighted by Crippen LogP contribution is -2.47. The monoisotopic (exact) mass is 306 g/mol. The van der Waals surface area contributed by atoms with E-state index in [0.29, 0.717) is 6.04 Å². The van der Waals surface area contributed by atoms with Gasteiger partial charge in [-0.25, -0.2) is 0 Å². The van der Waals surface area contributed by atoms with Crippen molar-refractivity contribution in [1.29, 1.82) is 0 Å². The number of hydrogen-bond donors (Lipinski definition) is 1. The molecule has 1 N–H and O–H groups in total. The lowest BCUT2D eigenvalue weighted by molar-refractivity contribution is 0.0160. The SMILES string of the molecule is CCC(O)CN(Cc1ccccc1)C(C)CN1CCOCC1. The van der Waals surface area contributed by atoms with Crippen LogP contribution in [0.4, 0.5) is 0 Å². The number of aliphatic hydroxyl groups is 1. The van der Waals surface area contributed by atoms with Crippen molar-refractivity contribution in [1.82, 2.24) is 9.80 Å². The molecule has 1 aliphatic heterocycles. The van der Waals surface area contributed by atoms with Crippen LogP contribution in [-0.2, 0) is 11.3 Å². The Morgan fingerprint density at radius 2 is 1.91 bits per heavy atom. The third kappa shape index (κ3) is 5.69. The molecule has 0 saturated carbocycles. The summed E-state index contributed by atoms with van der Waals surface area (Å²) in [4.78, 5) is 4.86.